The minimum atomic E-state index is -0.604. The normalized spacial score (nSPS) is 16.3. The van der Waals surface area contributed by atoms with Gasteiger partial charge in [-0.05, 0) is 38.5 Å². The smallest absolute Gasteiger partial charge is 0.256 e. The molecule has 0 bridgehead atoms. The second-order valence-corrected chi connectivity index (χ2v) is 6.98. The molecule has 0 aliphatic carbocycles. The Morgan fingerprint density at radius 1 is 1.33 bits per heavy atom. The molecule has 3 aromatic rings. The monoisotopic (exact) mass is 385 g/mol. The fourth-order valence-corrected chi connectivity index (χ4v) is 3.63. The first-order chi connectivity index (χ1) is 13.0. The number of rotatable bonds is 2. The molecule has 0 fully saturated rings. The molecule has 0 radical (unpaired) electrons. The maximum absolute atomic E-state index is 13.8. The molecule has 3 heterocycles. The van der Waals surface area contributed by atoms with Crippen LogP contribution in [0.2, 0.25) is 5.02 Å². The van der Waals surface area contributed by atoms with Gasteiger partial charge in [-0.15, -0.1) is 0 Å². The Morgan fingerprint density at radius 2 is 2.15 bits per heavy atom. The zero-order valence-corrected chi connectivity index (χ0v) is 15.6. The third-order valence-electron chi connectivity index (χ3n) is 4.75. The average molecular weight is 386 g/mol. The highest BCUT2D eigenvalue weighted by Crippen LogP contribution is 2.31. The number of benzene rings is 1. The number of amides is 1. The van der Waals surface area contributed by atoms with E-state index in [1.54, 1.807) is 11.1 Å². The number of nitrogens with zero attached hydrogens (tertiary/aromatic N) is 4. The molecular weight excluding hydrogens is 369 g/mol. The Hall–Kier alpha value is -2.80. The Bertz CT molecular complexity index is 1020. The fraction of sp³-hybridized carbons (Fsp3) is 0.263. The lowest BCUT2D eigenvalue weighted by Crippen LogP contribution is -2.43. The largest absolute Gasteiger partial charge is 0.330 e. The van der Waals surface area contributed by atoms with E-state index in [0.717, 1.165) is 22.6 Å². The Balaban J connectivity index is 1.73. The quantitative estimate of drug-likeness (QED) is 0.732. The molecule has 0 saturated heterocycles. The van der Waals surface area contributed by atoms with Crippen molar-refractivity contribution >= 4 is 17.5 Å². The molecule has 0 unspecified atom stereocenters. The van der Waals surface area contributed by atoms with Crippen molar-refractivity contribution in [3.63, 3.8) is 0 Å². The zero-order chi connectivity index (χ0) is 19.1. The van der Waals surface area contributed by atoms with Gasteiger partial charge in [-0.25, -0.2) is 14.4 Å². The number of halogens is 2. The van der Waals surface area contributed by atoms with Crippen LogP contribution in [0.3, 0.4) is 0 Å². The lowest BCUT2D eigenvalue weighted by Gasteiger charge is -2.35. The van der Waals surface area contributed by atoms with Gasteiger partial charge in [-0.1, -0.05) is 17.7 Å². The first-order valence-corrected chi connectivity index (χ1v) is 8.94. The van der Waals surface area contributed by atoms with Gasteiger partial charge in [-0.2, -0.15) is 5.10 Å². The van der Waals surface area contributed by atoms with E-state index >= 15 is 0 Å². The van der Waals surface area contributed by atoms with Crippen molar-refractivity contribution in [2.45, 2.75) is 32.9 Å². The minimum Gasteiger partial charge on any atom is -0.330 e. The minimum absolute atomic E-state index is 0.114. The molecule has 1 atom stereocenters. The van der Waals surface area contributed by atoms with E-state index in [1.807, 2.05) is 19.9 Å². The van der Waals surface area contributed by atoms with E-state index in [0.29, 0.717) is 18.8 Å². The fourth-order valence-electron chi connectivity index (χ4n) is 3.43. The maximum Gasteiger partial charge on any atom is 0.256 e. The molecule has 1 amide bonds. The summed E-state index contributed by atoms with van der Waals surface area (Å²) in [5.74, 6) is -0.298. The number of aromatic nitrogens is 4. The van der Waals surface area contributed by atoms with Crippen LogP contribution in [-0.2, 0) is 13.0 Å². The van der Waals surface area contributed by atoms with Crippen LogP contribution >= 0.6 is 11.6 Å². The number of nitrogens with one attached hydrogen (secondary N) is 1. The number of fused-ring (bicyclic) bond motifs is 1. The topological polar surface area (TPSA) is 74.8 Å². The predicted molar refractivity (Wildman–Crippen MR) is 98.8 cm³/mol. The van der Waals surface area contributed by atoms with Gasteiger partial charge in [0, 0.05) is 17.8 Å². The Morgan fingerprint density at radius 3 is 2.89 bits per heavy atom. The van der Waals surface area contributed by atoms with E-state index in [-0.39, 0.29) is 22.5 Å². The van der Waals surface area contributed by atoms with Crippen LogP contribution in [-0.4, -0.2) is 37.0 Å². The third kappa shape index (κ3) is 3.08. The maximum atomic E-state index is 13.8. The molecule has 8 heteroatoms. The molecule has 1 aromatic carbocycles. The van der Waals surface area contributed by atoms with Gasteiger partial charge < -0.3 is 4.90 Å². The zero-order valence-electron chi connectivity index (χ0n) is 14.8. The first-order valence-electron chi connectivity index (χ1n) is 8.57. The summed E-state index contributed by atoms with van der Waals surface area (Å²) < 4.78 is 13.8. The van der Waals surface area contributed by atoms with Crippen molar-refractivity contribution in [2.24, 2.45) is 0 Å². The van der Waals surface area contributed by atoms with E-state index in [9.17, 15) is 9.18 Å². The van der Waals surface area contributed by atoms with Crippen molar-refractivity contribution in [2.75, 3.05) is 0 Å². The lowest BCUT2D eigenvalue weighted by molar-refractivity contribution is 0.0653. The number of carbonyl (C=O) groups is 1. The van der Waals surface area contributed by atoms with Crippen molar-refractivity contribution in [3.05, 3.63) is 63.9 Å². The van der Waals surface area contributed by atoms with Crippen LogP contribution in [0.1, 0.15) is 34.4 Å². The van der Waals surface area contributed by atoms with Gasteiger partial charge in [0.1, 0.15) is 11.6 Å². The van der Waals surface area contributed by atoms with Crippen molar-refractivity contribution in [1.82, 2.24) is 25.1 Å². The molecule has 1 aliphatic heterocycles. The van der Waals surface area contributed by atoms with Crippen LogP contribution in [0.4, 0.5) is 4.39 Å². The summed E-state index contributed by atoms with van der Waals surface area (Å²) in [7, 11) is 0. The van der Waals surface area contributed by atoms with Crippen molar-refractivity contribution in [1.29, 1.82) is 0 Å². The van der Waals surface area contributed by atoms with Gasteiger partial charge in [-0.3, -0.25) is 9.89 Å². The number of hydrogen-bond donors (Lipinski definition) is 1. The van der Waals surface area contributed by atoms with Crippen LogP contribution in [0, 0.1) is 12.7 Å². The Labute approximate surface area is 160 Å². The summed E-state index contributed by atoms with van der Waals surface area (Å²) in [4.78, 5) is 23.8. The summed E-state index contributed by atoms with van der Waals surface area (Å²) in [6.45, 7) is 4.07. The summed E-state index contributed by atoms with van der Waals surface area (Å²) in [6.07, 6.45) is 2.26. The standard InChI is InChI=1S/C19H17ClFN5O/c1-10-8-13-16(23-11(2)24-18(13)15-6-7-22-25-15)9-26(10)19(27)12-4-3-5-14(21)17(12)20/h3-7,10H,8-9H2,1-2H3,(H,22,25)/t10-/m0/s1. The van der Waals surface area contributed by atoms with Crippen LogP contribution in [0.5, 0.6) is 0 Å². The highest BCUT2D eigenvalue weighted by atomic mass is 35.5. The predicted octanol–water partition coefficient (Wildman–Crippen LogP) is 3.55. The summed E-state index contributed by atoms with van der Waals surface area (Å²) in [6, 6.07) is 6.01. The van der Waals surface area contributed by atoms with Crippen molar-refractivity contribution in [3.8, 4) is 11.4 Å². The van der Waals surface area contributed by atoms with Crippen molar-refractivity contribution < 1.29 is 9.18 Å². The molecular formula is C19H17ClFN5O. The average Bonchev–Trinajstić information content (AvgIpc) is 3.17. The molecule has 0 spiro atoms. The molecule has 4 rings (SSSR count). The van der Waals surface area contributed by atoms with Crippen LogP contribution in [0.15, 0.2) is 30.5 Å². The summed E-state index contributed by atoms with van der Waals surface area (Å²) in [5, 5.41) is 6.78. The van der Waals surface area contributed by atoms with E-state index in [4.69, 9.17) is 11.6 Å². The molecule has 2 aromatic heterocycles. The number of aromatic amines is 1. The van der Waals surface area contributed by atoms with Gasteiger partial charge in [0.2, 0.25) is 0 Å². The number of H-pyrrole nitrogens is 1. The number of aryl methyl sites for hydroxylation is 1. The second kappa shape index (κ2) is 6.74. The summed E-state index contributed by atoms with van der Waals surface area (Å²) in [5.41, 5.74) is 3.55. The molecule has 138 valence electrons. The van der Waals surface area contributed by atoms with Gasteiger partial charge in [0.15, 0.2) is 0 Å². The van der Waals surface area contributed by atoms with Gasteiger partial charge in [0.25, 0.3) is 5.91 Å². The van der Waals surface area contributed by atoms with Crippen LogP contribution < -0.4 is 0 Å². The van der Waals surface area contributed by atoms with Crippen LogP contribution in [0.25, 0.3) is 11.4 Å². The van der Waals surface area contributed by atoms with Gasteiger partial charge >= 0.3 is 0 Å². The lowest BCUT2D eigenvalue weighted by atomic mass is 9.95. The highest BCUT2D eigenvalue weighted by molar-refractivity contribution is 6.34. The third-order valence-corrected chi connectivity index (χ3v) is 5.14. The second-order valence-electron chi connectivity index (χ2n) is 6.60. The summed E-state index contributed by atoms with van der Waals surface area (Å²) >= 11 is 6.01. The van der Waals surface area contributed by atoms with E-state index in [2.05, 4.69) is 20.2 Å². The highest BCUT2D eigenvalue weighted by Gasteiger charge is 2.32. The van der Waals surface area contributed by atoms with Gasteiger partial charge in [0.05, 0.1) is 34.2 Å². The molecule has 1 N–H and O–H groups in total. The first kappa shape index (κ1) is 17.6. The molecule has 27 heavy (non-hydrogen) atoms. The number of hydrogen-bond acceptors (Lipinski definition) is 4. The molecule has 0 saturated carbocycles. The Kier molecular flexibility index (Phi) is 4.39. The SMILES string of the molecule is Cc1nc2c(c(-c3ccn[nH]3)n1)C[C@H](C)N(C(=O)c1cccc(F)c1Cl)C2. The molecule has 6 nitrogen and oxygen atoms in total. The van der Waals surface area contributed by atoms with E-state index in [1.165, 1.54) is 18.2 Å². The van der Waals surface area contributed by atoms with E-state index < -0.39 is 5.82 Å². The number of carbonyl (C=O) groups excluding carboxylic acids is 1. The molecule has 1 aliphatic rings.